The third-order valence-electron chi connectivity index (χ3n) is 7.87. The monoisotopic (exact) mass is 609 g/mol. The first kappa shape index (κ1) is 29.0. The maximum absolute atomic E-state index is 12.8. The van der Waals surface area contributed by atoms with Crippen LogP contribution < -0.4 is 16.0 Å². The molecule has 0 spiro atoms. The number of likely N-dealkylation sites (N-methyl/N-ethyl adjacent to an activating group) is 1. The van der Waals surface area contributed by atoms with Gasteiger partial charge in [0.1, 0.15) is 17.0 Å². The molecule has 0 aliphatic carbocycles. The maximum atomic E-state index is 12.8. The van der Waals surface area contributed by atoms with E-state index in [1.54, 1.807) is 0 Å². The maximum Gasteiger partial charge on any atom is 0.291 e. The van der Waals surface area contributed by atoms with Crippen molar-refractivity contribution < 1.29 is 4.79 Å². The molecule has 1 unspecified atom stereocenters. The SMILES string of the molecule is CCc1[nH]c2nc(Sc3ccc4nnc(C(=O)NCCCN5CCN(C)CC5)nc4c3)nc(N3CCC(N)C3)c2c1Cl. The van der Waals surface area contributed by atoms with Gasteiger partial charge in [0.2, 0.25) is 5.82 Å². The zero-order chi connectivity index (χ0) is 29.2. The second-order valence-electron chi connectivity index (χ2n) is 11.0. The quantitative estimate of drug-likeness (QED) is 0.190. The number of aromatic nitrogens is 6. The minimum Gasteiger partial charge on any atom is -0.354 e. The summed E-state index contributed by atoms with van der Waals surface area (Å²) in [5.74, 6) is 0.536. The predicted molar refractivity (Wildman–Crippen MR) is 165 cm³/mol. The van der Waals surface area contributed by atoms with Crippen LogP contribution >= 0.6 is 23.4 Å². The van der Waals surface area contributed by atoms with Crippen LogP contribution in [0, 0.1) is 0 Å². The molecule has 4 N–H and O–H groups in total. The number of carbonyl (C=O) groups excluding carboxylic acids is 1. The fourth-order valence-electron chi connectivity index (χ4n) is 5.40. The highest BCUT2D eigenvalue weighted by atomic mass is 35.5. The number of aryl methyl sites for hydroxylation is 1. The number of rotatable bonds is 9. The Labute approximate surface area is 253 Å². The Hall–Kier alpha value is -3.10. The molecule has 0 saturated carbocycles. The average molecular weight is 610 g/mol. The van der Waals surface area contributed by atoms with Crippen LogP contribution in [0.25, 0.3) is 22.1 Å². The first-order valence-corrected chi connectivity index (χ1v) is 15.7. The number of nitrogens with two attached hydrogens (primary N) is 1. The van der Waals surface area contributed by atoms with Crippen molar-refractivity contribution >= 4 is 57.2 Å². The van der Waals surface area contributed by atoms with Gasteiger partial charge in [0.05, 0.1) is 15.9 Å². The van der Waals surface area contributed by atoms with Gasteiger partial charge in [-0.2, -0.15) is 0 Å². The molecule has 5 heterocycles. The van der Waals surface area contributed by atoms with E-state index in [9.17, 15) is 4.79 Å². The molecule has 3 aromatic heterocycles. The van der Waals surface area contributed by atoms with E-state index in [-0.39, 0.29) is 17.8 Å². The summed E-state index contributed by atoms with van der Waals surface area (Å²) in [4.78, 5) is 38.2. The van der Waals surface area contributed by atoms with Crippen molar-refractivity contribution in [2.24, 2.45) is 5.73 Å². The average Bonchev–Trinajstić information content (AvgIpc) is 3.57. The molecule has 1 atom stereocenters. The molecule has 42 heavy (non-hydrogen) atoms. The number of fused-ring (bicyclic) bond motifs is 2. The van der Waals surface area contributed by atoms with E-state index in [0.717, 1.165) is 86.9 Å². The number of nitrogens with one attached hydrogen (secondary N) is 2. The number of H-pyrrole nitrogens is 1. The molecule has 0 bridgehead atoms. The van der Waals surface area contributed by atoms with Crippen LogP contribution in [0.1, 0.15) is 36.1 Å². The number of hydrogen-bond donors (Lipinski definition) is 3. The Morgan fingerprint density at radius 3 is 2.74 bits per heavy atom. The van der Waals surface area contributed by atoms with E-state index in [1.807, 2.05) is 18.2 Å². The molecule has 14 heteroatoms. The highest BCUT2D eigenvalue weighted by Crippen LogP contribution is 2.37. The van der Waals surface area contributed by atoms with Crippen LogP contribution in [0.15, 0.2) is 28.3 Å². The molecule has 2 fully saturated rings. The molecule has 12 nitrogen and oxygen atoms in total. The van der Waals surface area contributed by atoms with Crippen molar-refractivity contribution in [2.45, 2.75) is 42.3 Å². The summed E-state index contributed by atoms with van der Waals surface area (Å²) in [5, 5.41) is 13.3. The lowest BCUT2D eigenvalue weighted by atomic mass is 10.3. The van der Waals surface area contributed by atoms with Crippen molar-refractivity contribution in [3.05, 3.63) is 34.7 Å². The second-order valence-corrected chi connectivity index (χ2v) is 12.4. The minimum absolute atomic E-state index is 0.0581. The van der Waals surface area contributed by atoms with Crippen LogP contribution in [0.5, 0.6) is 0 Å². The fraction of sp³-hybridized carbons (Fsp3) is 0.500. The summed E-state index contributed by atoms with van der Waals surface area (Å²) in [6.45, 7) is 9.41. The topological polar surface area (TPSA) is 145 Å². The van der Waals surface area contributed by atoms with Gasteiger partial charge in [-0.1, -0.05) is 18.5 Å². The van der Waals surface area contributed by atoms with Crippen molar-refractivity contribution in [3.63, 3.8) is 0 Å². The molecular weight excluding hydrogens is 574 g/mol. The Morgan fingerprint density at radius 2 is 1.98 bits per heavy atom. The number of carbonyl (C=O) groups is 1. The number of piperazine rings is 1. The molecule has 2 saturated heterocycles. The zero-order valence-corrected chi connectivity index (χ0v) is 25.5. The first-order valence-electron chi connectivity index (χ1n) is 14.5. The Balaban J connectivity index is 1.17. The van der Waals surface area contributed by atoms with E-state index in [1.165, 1.54) is 11.8 Å². The standard InChI is InChI=1S/C28H36ClN11OS/c1-3-19-23(29)22-24(32-19)34-28(35-26(22)40-10-7-17(30)16-40)42-18-5-6-20-21(15-18)33-25(37-36-20)27(41)31-8-4-9-39-13-11-38(2)12-14-39/h5-6,15,17H,3-4,7-14,16,30H2,1-2H3,(H,31,41)(H,32,34,35). The molecule has 222 valence electrons. The molecule has 2 aliphatic heterocycles. The Morgan fingerprint density at radius 1 is 1.14 bits per heavy atom. The van der Waals surface area contributed by atoms with Gasteiger partial charge in [0.15, 0.2) is 5.16 Å². The first-order chi connectivity index (χ1) is 20.4. The Kier molecular flexibility index (Phi) is 8.72. The molecule has 0 radical (unpaired) electrons. The summed E-state index contributed by atoms with van der Waals surface area (Å²) in [6, 6.07) is 5.76. The second kappa shape index (κ2) is 12.6. The van der Waals surface area contributed by atoms with Crippen LogP contribution in [-0.2, 0) is 6.42 Å². The van der Waals surface area contributed by atoms with Crippen molar-refractivity contribution in [1.29, 1.82) is 0 Å². The number of anilines is 1. The van der Waals surface area contributed by atoms with E-state index in [0.29, 0.717) is 33.4 Å². The molecule has 2 aliphatic rings. The van der Waals surface area contributed by atoms with Gasteiger partial charge in [-0.25, -0.2) is 15.0 Å². The lowest BCUT2D eigenvalue weighted by Crippen LogP contribution is -2.45. The van der Waals surface area contributed by atoms with Gasteiger partial charge in [0, 0.05) is 62.4 Å². The van der Waals surface area contributed by atoms with Gasteiger partial charge in [0.25, 0.3) is 5.91 Å². The van der Waals surface area contributed by atoms with Crippen LogP contribution in [0.3, 0.4) is 0 Å². The number of aromatic amines is 1. The number of halogens is 1. The number of nitrogens with zero attached hydrogens (tertiary/aromatic N) is 8. The van der Waals surface area contributed by atoms with Crippen LogP contribution in [0.2, 0.25) is 5.02 Å². The van der Waals surface area contributed by atoms with Gasteiger partial charge >= 0.3 is 0 Å². The predicted octanol–water partition coefficient (Wildman–Crippen LogP) is 2.57. The molecule has 1 aromatic carbocycles. The number of amides is 1. The summed E-state index contributed by atoms with van der Waals surface area (Å²) in [7, 11) is 2.15. The highest BCUT2D eigenvalue weighted by Gasteiger charge is 2.26. The van der Waals surface area contributed by atoms with E-state index < -0.39 is 0 Å². The van der Waals surface area contributed by atoms with Crippen LogP contribution in [0.4, 0.5) is 5.82 Å². The van der Waals surface area contributed by atoms with E-state index >= 15 is 0 Å². The van der Waals surface area contributed by atoms with Crippen molar-refractivity contribution in [2.75, 3.05) is 64.3 Å². The summed E-state index contributed by atoms with van der Waals surface area (Å²) >= 11 is 8.16. The van der Waals surface area contributed by atoms with Crippen molar-refractivity contribution in [1.82, 2.24) is 45.2 Å². The Bertz CT molecular complexity index is 1590. The molecule has 6 rings (SSSR count). The molecular formula is C28H36ClN11OS. The fourth-order valence-corrected chi connectivity index (χ4v) is 6.54. The van der Waals surface area contributed by atoms with Gasteiger partial charge < -0.3 is 30.7 Å². The van der Waals surface area contributed by atoms with Crippen molar-refractivity contribution in [3.8, 4) is 0 Å². The largest absolute Gasteiger partial charge is 0.354 e. The van der Waals surface area contributed by atoms with Gasteiger partial charge in [-0.05, 0) is 62.8 Å². The normalized spacial score (nSPS) is 18.4. The third-order valence-corrected chi connectivity index (χ3v) is 9.14. The summed E-state index contributed by atoms with van der Waals surface area (Å²) in [6.07, 6.45) is 2.54. The smallest absolute Gasteiger partial charge is 0.291 e. The number of benzene rings is 1. The van der Waals surface area contributed by atoms with Gasteiger partial charge in [-0.3, -0.25) is 4.79 Å². The molecule has 4 aromatic rings. The van der Waals surface area contributed by atoms with E-state index in [4.69, 9.17) is 27.3 Å². The van der Waals surface area contributed by atoms with Crippen LogP contribution in [-0.4, -0.2) is 111 Å². The van der Waals surface area contributed by atoms with Gasteiger partial charge in [-0.15, -0.1) is 10.2 Å². The minimum atomic E-state index is -0.321. The third kappa shape index (κ3) is 6.30. The lowest BCUT2D eigenvalue weighted by Gasteiger charge is -2.32. The van der Waals surface area contributed by atoms with E-state index in [2.05, 4.69) is 54.2 Å². The highest BCUT2D eigenvalue weighted by molar-refractivity contribution is 7.99. The summed E-state index contributed by atoms with van der Waals surface area (Å²) < 4.78 is 0. The zero-order valence-electron chi connectivity index (χ0n) is 23.9. The summed E-state index contributed by atoms with van der Waals surface area (Å²) in [5.41, 5.74) is 9.05. The lowest BCUT2D eigenvalue weighted by molar-refractivity contribution is 0.0938. The molecule has 1 amide bonds. The number of hydrogen-bond acceptors (Lipinski definition) is 11.